The number of methoxy groups -OCH3 is 1. The molecule has 2 aromatic heterocycles. The third-order valence-corrected chi connectivity index (χ3v) is 7.48. The number of halogens is 1. The maximum atomic E-state index is 13.6. The van der Waals surface area contributed by atoms with Crippen molar-refractivity contribution in [3.63, 3.8) is 0 Å². The van der Waals surface area contributed by atoms with Crippen LogP contribution in [0.5, 0.6) is 5.75 Å². The van der Waals surface area contributed by atoms with Crippen LogP contribution in [-0.4, -0.2) is 28.3 Å². The molecule has 4 aromatic rings. The van der Waals surface area contributed by atoms with Crippen molar-refractivity contribution >= 4 is 44.9 Å². The number of nitrogens with zero attached hydrogens (tertiary/aromatic N) is 2. The molecule has 0 saturated heterocycles. The van der Waals surface area contributed by atoms with Crippen molar-refractivity contribution in [2.45, 2.75) is 31.8 Å². The van der Waals surface area contributed by atoms with E-state index in [1.165, 1.54) is 39.8 Å². The maximum Gasteiger partial charge on any atom is 0.267 e. The first-order chi connectivity index (χ1) is 16.4. The quantitative estimate of drug-likeness (QED) is 0.254. The molecule has 1 N–H and O–H groups in total. The van der Waals surface area contributed by atoms with Crippen LogP contribution in [0.3, 0.4) is 0 Å². The molecule has 0 bridgehead atoms. The molecule has 0 atom stereocenters. The van der Waals surface area contributed by atoms with E-state index in [-0.39, 0.29) is 17.2 Å². The number of carbonyl (C=O) groups is 1. The lowest BCUT2D eigenvalue weighted by Crippen LogP contribution is -2.23. The van der Waals surface area contributed by atoms with Crippen LogP contribution in [0, 0.1) is 12.7 Å². The zero-order valence-electron chi connectivity index (χ0n) is 19.1. The molecular formula is C25H24FN3O3S2. The van der Waals surface area contributed by atoms with Gasteiger partial charge in [0.1, 0.15) is 16.4 Å². The molecule has 9 heteroatoms. The van der Waals surface area contributed by atoms with Crippen LogP contribution in [0.1, 0.15) is 23.8 Å². The zero-order chi connectivity index (χ0) is 24.2. The van der Waals surface area contributed by atoms with E-state index in [0.29, 0.717) is 32.5 Å². The van der Waals surface area contributed by atoms with Gasteiger partial charge in [-0.1, -0.05) is 25.1 Å². The Balaban J connectivity index is 1.68. The lowest BCUT2D eigenvalue weighted by molar-refractivity contribution is -0.113. The van der Waals surface area contributed by atoms with Gasteiger partial charge in [0.25, 0.3) is 5.56 Å². The molecule has 4 rings (SSSR count). The van der Waals surface area contributed by atoms with E-state index in [9.17, 15) is 14.0 Å². The molecular weight excluding hydrogens is 473 g/mol. The summed E-state index contributed by atoms with van der Waals surface area (Å²) in [6, 6.07) is 12.7. The number of nitrogens with one attached hydrogen (secondary N) is 1. The van der Waals surface area contributed by atoms with Crippen molar-refractivity contribution in [3.8, 4) is 11.4 Å². The van der Waals surface area contributed by atoms with Crippen LogP contribution in [0.4, 0.5) is 10.1 Å². The molecule has 176 valence electrons. The molecule has 0 saturated carbocycles. The SMILES string of the molecule is CCCc1sc2nc(SCC(=O)Nc3ccc(OC)cc3)n(-c3ccc(F)cc3)c(=O)c2c1C. The Morgan fingerprint density at radius 2 is 1.88 bits per heavy atom. The number of aryl methyl sites for hydroxylation is 2. The molecule has 0 fully saturated rings. The minimum absolute atomic E-state index is 0.0529. The summed E-state index contributed by atoms with van der Waals surface area (Å²) in [7, 11) is 1.58. The van der Waals surface area contributed by atoms with E-state index in [1.807, 2.05) is 6.92 Å². The normalized spacial score (nSPS) is 11.1. The van der Waals surface area contributed by atoms with Crippen LogP contribution in [-0.2, 0) is 11.2 Å². The van der Waals surface area contributed by atoms with Crippen LogP contribution >= 0.6 is 23.1 Å². The third-order valence-electron chi connectivity index (χ3n) is 5.30. The Bertz CT molecular complexity index is 1380. The van der Waals surface area contributed by atoms with Gasteiger partial charge in [0.15, 0.2) is 5.16 Å². The van der Waals surface area contributed by atoms with Crippen LogP contribution in [0.25, 0.3) is 15.9 Å². The van der Waals surface area contributed by atoms with E-state index in [1.54, 1.807) is 43.5 Å². The summed E-state index contributed by atoms with van der Waals surface area (Å²) >= 11 is 2.68. The predicted octanol–water partition coefficient (Wildman–Crippen LogP) is 5.59. The lowest BCUT2D eigenvalue weighted by atomic mass is 10.1. The van der Waals surface area contributed by atoms with Crippen LogP contribution in [0.2, 0.25) is 0 Å². The van der Waals surface area contributed by atoms with Gasteiger partial charge in [-0.15, -0.1) is 11.3 Å². The molecule has 34 heavy (non-hydrogen) atoms. The predicted molar refractivity (Wildman–Crippen MR) is 136 cm³/mol. The van der Waals surface area contributed by atoms with E-state index in [4.69, 9.17) is 9.72 Å². The number of thioether (sulfide) groups is 1. The zero-order valence-corrected chi connectivity index (χ0v) is 20.7. The summed E-state index contributed by atoms with van der Waals surface area (Å²) in [4.78, 5) is 32.7. The molecule has 0 spiro atoms. The van der Waals surface area contributed by atoms with Gasteiger partial charge in [-0.2, -0.15) is 0 Å². The summed E-state index contributed by atoms with van der Waals surface area (Å²) in [5.74, 6) is 0.124. The number of thiophene rings is 1. The topological polar surface area (TPSA) is 73.2 Å². The average Bonchev–Trinajstić information content (AvgIpc) is 3.14. The van der Waals surface area contributed by atoms with Gasteiger partial charge < -0.3 is 10.1 Å². The number of carbonyl (C=O) groups excluding carboxylic acids is 1. The van der Waals surface area contributed by atoms with Crippen molar-refractivity contribution in [2.24, 2.45) is 0 Å². The van der Waals surface area contributed by atoms with E-state index in [2.05, 4.69) is 12.2 Å². The number of anilines is 1. The molecule has 0 aliphatic heterocycles. The molecule has 6 nitrogen and oxygen atoms in total. The third kappa shape index (κ3) is 5.00. The van der Waals surface area contributed by atoms with Gasteiger partial charge in [-0.05, 0) is 67.4 Å². The van der Waals surface area contributed by atoms with E-state index in [0.717, 1.165) is 23.3 Å². The van der Waals surface area contributed by atoms with Crippen LogP contribution < -0.4 is 15.6 Å². The monoisotopic (exact) mass is 497 g/mol. The highest BCUT2D eigenvalue weighted by atomic mass is 32.2. The number of hydrogen-bond donors (Lipinski definition) is 1. The first-order valence-electron chi connectivity index (χ1n) is 10.8. The Hall–Kier alpha value is -3.17. The first kappa shape index (κ1) is 24.0. The summed E-state index contributed by atoms with van der Waals surface area (Å²) < 4.78 is 20.1. The molecule has 0 unspecified atom stereocenters. The van der Waals surface area contributed by atoms with Gasteiger partial charge >= 0.3 is 0 Å². The Morgan fingerprint density at radius 3 is 2.53 bits per heavy atom. The number of amides is 1. The fraction of sp³-hybridized carbons (Fsp3) is 0.240. The lowest BCUT2D eigenvalue weighted by Gasteiger charge is -2.12. The molecule has 0 aliphatic rings. The highest BCUT2D eigenvalue weighted by Gasteiger charge is 2.20. The molecule has 2 heterocycles. The van der Waals surface area contributed by atoms with Gasteiger partial charge in [0, 0.05) is 10.6 Å². The Kier molecular flexibility index (Phi) is 7.33. The summed E-state index contributed by atoms with van der Waals surface area (Å²) in [5, 5.41) is 3.80. The second-order valence-electron chi connectivity index (χ2n) is 7.66. The molecule has 1 amide bonds. The van der Waals surface area contributed by atoms with Crippen molar-refractivity contribution in [1.29, 1.82) is 0 Å². The van der Waals surface area contributed by atoms with Gasteiger partial charge in [-0.3, -0.25) is 14.2 Å². The molecule has 0 aliphatic carbocycles. The number of ether oxygens (including phenoxy) is 1. The minimum atomic E-state index is -0.393. The number of benzene rings is 2. The first-order valence-corrected chi connectivity index (χ1v) is 12.6. The minimum Gasteiger partial charge on any atom is -0.497 e. The Morgan fingerprint density at radius 1 is 1.18 bits per heavy atom. The highest BCUT2D eigenvalue weighted by Crippen LogP contribution is 2.31. The van der Waals surface area contributed by atoms with E-state index < -0.39 is 5.82 Å². The summed E-state index contributed by atoms with van der Waals surface area (Å²) in [6.07, 6.45) is 1.84. The van der Waals surface area contributed by atoms with E-state index >= 15 is 0 Å². The number of aromatic nitrogens is 2. The average molecular weight is 498 g/mol. The van der Waals surface area contributed by atoms with Crippen molar-refractivity contribution in [2.75, 3.05) is 18.2 Å². The second kappa shape index (κ2) is 10.4. The Labute approximate surface area is 204 Å². The number of fused-ring (bicyclic) bond motifs is 1. The fourth-order valence-electron chi connectivity index (χ4n) is 3.59. The highest BCUT2D eigenvalue weighted by molar-refractivity contribution is 7.99. The standard InChI is InChI=1S/C25H24FN3O3S2/c1-4-5-20-15(2)22-23(34-20)28-25(29(24(22)31)18-10-6-16(26)7-11-18)33-14-21(30)27-17-8-12-19(32-3)13-9-17/h6-13H,4-5,14H2,1-3H3,(H,27,30). The summed E-state index contributed by atoms with van der Waals surface area (Å²) in [5.41, 5.74) is 1.86. The number of hydrogen-bond acceptors (Lipinski definition) is 6. The maximum absolute atomic E-state index is 13.6. The van der Waals surface area contributed by atoms with Gasteiger partial charge in [0.05, 0.1) is 23.9 Å². The number of rotatable bonds is 8. The molecule has 0 radical (unpaired) electrons. The fourth-order valence-corrected chi connectivity index (χ4v) is 5.72. The van der Waals surface area contributed by atoms with Gasteiger partial charge in [0.2, 0.25) is 5.91 Å². The smallest absolute Gasteiger partial charge is 0.267 e. The van der Waals surface area contributed by atoms with Gasteiger partial charge in [-0.25, -0.2) is 9.37 Å². The summed E-state index contributed by atoms with van der Waals surface area (Å²) in [6.45, 7) is 4.04. The largest absolute Gasteiger partial charge is 0.497 e. The second-order valence-corrected chi connectivity index (χ2v) is 9.68. The van der Waals surface area contributed by atoms with Crippen LogP contribution in [0.15, 0.2) is 58.5 Å². The van der Waals surface area contributed by atoms with Crippen molar-refractivity contribution in [1.82, 2.24) is 9.55 Å². The van der Waals surface area contributed by atoms with Crippen molar-refractivity contribution in [3.05, 3.63) is 75.1 Å². The van der Waals surface area contributed by atoms with Crippen molar-refractivity contribution < 1.29 is 13.9 Å². The molecule has 2 aromatic carbocycles.